The number of carbonyl (C=O) groups is 3. The highest BCUT2D eigenvalue weighted by Gasteiger charge is 2.19. The minimum Gasteiger partial charge on any atom is -0.462 e. The second-order valence-electron chi connectivity index (χ2n) is 23.4. The lowest BCUT2D eigenvalue weighted by atomic mass is 10.0. The van der Waals surface area contributed by atoms with E-state index in [9.17, 15) is 14.4 Å². The highest BCUT2D eigenvalue weighted by Crippen LogP contribution is 2.17. The molecule has 0 aromatic rings. The van der Waals surface area contributed by atoms with Gasteiger partial charge in [-0.1, -0.05) is 342 Å². The topological polar surface area (TPSA) is 78.9 Å². The van der Waals surface area contributed by atoms with Crippen LogP contribution < -0.4 is 0 Å². The van der Waals surface area contributed by atoms with E-state index in [0.717, 1.165) is 135 Å². The maximum absolute atomic E-state index is 12.9. The van der Waals surface area contributed by atoms with Crippen LogP contribution in [0.25, 0.3) is 0 Å². The third-order valence-electron chi connectivity index (χ3n) is 15.3. The second-order valence-corrected chi connectivity index (χ2v) is 23.4. The largest absolute Gasteiger partial charge is 0.462 e. The number of hydrogen-bond acceptors (Lipinski definition) is 6. The fourth-order valence-electron chi connectivity index (χ4n) is 10.0. The molecule has 0 spiro atoms. The number of hydrogen-bond donors (Lipinski definition) is 0. The normalized spacial score (nSPS) is 12.8. The van der Waals surface area contributed by atoms with E-state index in [1.165, 1.54) is 167 Å². The lowest BCUT2D eigenvalue weighted by molar-refractivity contribution is -0.167. The summed E-state index contributed by atoms with van der Waals surface area (Å²) in [5, 5.41) is 0. The molecule has 83 heavy (non-hydrogen) atoms. The Bertz CT molecular complexity index is 1660. The van der Waals surface area contributed by atoms with Crippen LogP contribution in [0.5, 0.6) is 0 Å². The van der Waals surface area contributed by atoms with Crippen LogP contribution in [0.15, 0.2) is 109 Å². The standard InChI is InChI=1S/C77H132O6/c1-4-7-10-13-16-19-22-25-28-30-32-33-34-35-36-37-38-39-40-41-42-43-44-45-46-48-49-52-55-58-61-64-67-70-76(79)82-73-74(72-81-75(78)69-66-63-60-57-54-51-27-24-21-18-15-12-9-6-3)83-77(80)71-68-65-62-59-56-53-50-47-31-29-26-23-20-17-14-11-8-5-2/h7,10,16,19,25,28,32-33,35-36,38-39,41-42,44-45,48-49,74H,4-6,8-9,11-15,17-18,20-24,26-27,29-31,34,37,40,43,46-47,50-73H2,1-3H3/b10-7-,19-16-,28-25-,33-32-,36-35-,39-38-,42-41-,45-44-,49-48-. The monoisotopic (exact) mass is 1150 g/mol. The summed E-state index contributed by atoms with van der Waals surface area (Å²) in [7, 11) is 0. The number of ether oxygens (including phenoxy) is 3. The van der Waals surface area contributed by atoms with Crippen LogP contribution in [-0.4, -0.2) is 37.2 Å². The molecule has 0 N–H and O–H groups in total. The number of allylic oxidation sites excluding steroid dienone is 18. The molecule has 0 aliphatic heterocycles. The van der Waals surface area contributed by atoms with Crippen LogP contribution in [0.2, 0.25) is 0 Å². The van der Waals surface area contributed by atoms with Crippen LogP contribution in [-0.2, 0) is 28.6 Å². The SMILES string of the molecule is CC/C=C\C/C=C\C/C=C\C/C=C\C/C=C\C/C=C\C/C=C\C/C=C\C/C=C\CCCCCCCC(=O)OCC(COC(=O)CCCCCCCCCCCCCCCC)OC(=O)CCCCCCCCCCCCCCCCCCCC. The maximum atomic E-state index is 12.9. The van der Waals surface area contributed by atoms with Crippen molar-refractivity contribution in [3.8, 4) is 0 Å². The number of carbonyl (C=O) groups excluding carboxylic acids is 3. The van der Waals surface area contributed by atoms with Gasteiger partial charge in [-0.2, -0.15) is 0 Å². The molecular weight excluding hydrogens is 1020 g/mol. The zero-order valence-corrected chi connectivity index (χ0v) is 54.7. The van der Waals surface area contributed by atoms with Crippen LogP contribution in [0, 0.1) is 0 Å². The van der Waals surface area contributed by atoms with Gasteiger partial charge in [0.2, 0.25) is 0 Å². The average Bonchev–Trinajstić information content (AvgIpc) is 3.49. The third kappa shape index (κ3) is 68.7. The van der Waals surface area contributed by atoms with Crippen molar-refractivity contribution < 1.29 is 28.6 Å². The predicted octanol–water partition coefficient (Wildman–Crippen LogP) is 24.6. The van der Waals surface area contributed by atoms with Gasteiger partial charge < -0.3 is 14.2 Å². The van der Waals surface area contributed by atoms with Gasteiger partial charge in [0.15, 0.2) is 6.10 Å². The van der Waals surface area contributed by atoms with Gasteiger partial charge in [0.05, 0.1) is 0 Å². The first-order chi connectivity index (χ1) is 41.0. The molecule has 1 unspecified atom stereocenters. The van der Waals surface area contributed by atoms with Crippen LogP contribution in [0.4, 0.5) is 0 Å². The predicted molar refractivity (Wildman–Crippen MR) is 362 cm³/mol. The van der Waals surface area contributed by atoms with Crippen molar-refractivity contribution in [2.24, 2.45) is 0 Å². The Kier molecular flexibility index (Phi) is 67.2. The van der Waals surface area contributed by atoms with Crippen molar-refractivity contribution in [1.29, 1.82) is 0 Å². The average molecular weight is 1150 g/mol. The molecular formula is C77H132O6. The summed E-state index contributed by atoms with van der Waals surface area (Å²) in [6, 6.07) is 0. The minimum atomic E-state index is -0.785. The molecule has 0 radical (unpaired) electrons. The molecule has 0 aliphatic carbocycles. The Morgan fingerprint density at radius 2 is 0.470 bits per heavy atom. The summed E-state index contributed by atoms with van der Waals surface area (Å²) >= 11 is 0. The summed E-state index contributed by atoms with van der Waals surface area (Å²) in [6.07, 6.45) is 96.8. The van der Waals surface area contributed by atoms with Crippen LogP contribution in [0.3, 0.4) is 0 Å². The van der Waals surface area contributed by atoms with Crippen molar-refractivity contribution in [1.82, 2.24) is 0 Å². The molecule has 1 atom stereocenters. The van der Waals surface area contributed by atoms with Gasteiger partial charge >= 0.3 is 17.9 Å². The first kappa shape index (κ1) is 79.1. The van der Waals surface area contributed by atoms with E-state index < -0.39 is 6.10 Å². The lowest BCUT2D eigenvalue weighted by Crippen LogP contribution is -2.30. The Morgan fingerprint density at radius 3 is 0.735 bits per heavy atom. The molecule has 0 aromatic heterocycles. The summed E-state index contributed by atoms with van der Waals surface area (Å²) in [5.41, 5.74) is 0. The van der Waals surface area contributed by atoms with E-state index in [4.69, 9.17) is 14.2 Å². The molecule has 0 amide bonds. The summed E-state index contributed by atoms with van der Waals surface area (Å²) in [6.45, 7) is 6.56. The van der Waals surface area contributed by atoms with E-state index >= 15 is 0 Å². The van der Waals surface area contributed by atoms with Crippen molar-refractivity contribution in [2.75, 3.05) is 13.2 Å². The van der Waals surface area contributed by atoms with E-state index in [0.29, 0.717) is 19.3 Å². The molecule has 0 saturated heterocycles. The highest BCUT2D eigenvalue weighted by atomic mass is 16.6. The molecule has 0 rings (SSSR count). The molecule has 0 aliphatic rings. The summed E-state index contributed by atoms with van der Waals surface area (Å²) in [5.74, 6) is -0.882. The Hall–Kier alpha value is -3.93. The Labute approximate surface area is 514 Å². The summed E-state index contributed by atoms with van der Waals surface area (Å²) in [4.78, 5) is 38.4. The molecule has 6 nitrogen and oxygen atoms in total. The van der Waals surface area contributed by atoms with E-state index in [1.54, 1.807) is 0 Å². The highest BCUT2D eigenvalue weighted by molar-refractivity contribution is 5.71. The maximum Gasteiger partial charge on any atom is 0.306 e. The van der Waals surface area contributed by atoms with Crippen molar-refractivity contribution >= 4 is 17.9 Å². The number of rotatable bonds is 64. The van der Waals surface area contributed by atoms with Gasteiger partial charge in [-0.3, -0.25) is 14.4 Å². The van der Waals surface area contributed by atoms with Gasteiger partial charge in [-0.05, 0) is 89.9 Å². The first-order valence-corrected chi connectivity index (χ1v) is 35.4. The van der Waals surface area contributed by atoms with Gasteiger partial charge in [0, 0.05) is 19.3 Å². The Balaban J connectivity index is 4.32. The van der Waals surface area contributed by atoms with Crippen molar-refractivity contribution in [3.05, 3.63) is 109 Å². The smallest absolute Gasteiger partial charge is 0.306 e. The van der Waals surface area contributed by atoms with Crippen LogP contribution >= 0.6 is 0 Å². The van der Waals surface area contributed by atoms with E-state index in [-0.39, 0.29) is 31.1 Å². The van der Waals surface area contributed by atoms with Gasteiger partial charge in [-0.15, -0.1) is 0 Å². The quantitative estimate of drug-likeness (QED) is 0.0261. The Morgan fingerprint density at radius 1 is 0.253 bits per heavy atom. The zero-order valence-electron chi connectivity index (χ0n) is 54.7. The molecule has 6 heteroatoms. The molecule has 0 bridgehead atoms. The number of esters is 3. The van der Waals surface area contributed by atoms with Crippen molar-refractivity contribution in [2.45, 2.75) is 348 Å². The minimum absolute atomic E-state index is 0.0794. The first-order valence-electron chi connectivity index (χ1n) is 35.4. The molecule has 0 heterocycles. The molecule has 476 valence electrons. The fourth-order valence-corrected chi connectivity index (χ4v) is 10.0. The zero-order chi connectivity index (χ0) is 59.9. The molecule has 0 saturated carbocycles. The van der Waals surface area contributed by atoms with Gasteiger partial charge in [0.25, 0.3) is 0 Å². The van der Waals surface area contributed by atoms with E-state index in [1.807, 2.05) is 0 Å². The molecule has 0 fully saturated rings. The van der Waals surface area contributed by atoms with Gasteiger partial charge in [-0.25, -0.2) is 0 Å². The fraction of sp³-hybridized carbons (Fsp3) is 0.727. The van der Waals surface area contributed by atoms with Crippen LogP contribution in [0.1, 0.15) is 342 Å². The molecule has 0 aromatic carbocycles. The van der Waals surface area contributed by atoms with E-state index in [2.05, 4.69) is 130 Å². The summed E-state index contributed by atoms with van der Waals surface area (Å²) < 4.78 is 17.0. The third-order valence-corrected chi connectivity index (χ3v) is 15.3. The second kappa shape index (κ2) is 70.6. The van der Waals surface area contributed by atoms with Gasteiger partial charge in [0.1, 0.15) is 13.2 Å². The number of unbranched alkanes of at least 4 members (excludes halogenated alkanes) is 35. The lowest BCUT2D eigenvalue weighted by Gasteiger charge is -2.18. The van der Waals surface area contributed by atoms with Crippen molar-refractivity contribution in [3.63, 3.8) is 0 Å².